The number of halogens is 3. The minimum atomic E-state index is -3.74. The molecule has 1 unspecified atom stereocenters. The molecule has 0 aliphatic rings. The molecule has 0 amide bonds. The van der Waals surface area contributed by atoms with Crippen LogP contribution >= 0.6 is 11.6 Å². The zero-order valence-electron chi connectivity index (χ0n) is 6.42. The number of aromatic nitrogens is 1. The molecule has 1 atom stereocenters. The maximum atomic E-state index is 12.4. The summed E-state index contributed by atoms with van der Waals surface area (Å²) in [5.74, 6) is 0. The van der Waals surface area contributed by atoms with Gasteiger partial charge in [-0.25, -0.2) is 0 Å². The number of anilines is 1. The Morgan fingerprint density at radius 2 is 2.23 bits per heavy atom. The summed E-state index contributed by atoms with van der Waals surface area (Å²) in [5.41, 5.74) is 5.18. The molecule has 0 aliphatic heterocycles. The summed E-state index contributed by atoms with van der Waals surface area (Å²) in [6, 6.07) is 1.31. The average Bonchev–Trinajstić information content (AvgIpc) is 2.02. The van der Waals surface area contributed by atoms with E-state index in [1.807, 2.05) is 0 Å². The fourth-order valence-electron chi connectivity index (χ4n) is 0.822. The molecule has 0 spiro atoms. The fourth-order valence-corrected chi connectivity index (χ4v) is 0.940. The number of rotatable bonds is 2. The molecular weight excluding hydrogens is 202 g/mol. The van der Waals surface area contributed by atoms with Gasteiger partial charge in [-0.3, -0.25) is 4.98 Å². The quantitative estimate of drug-likeness (QED) is 0.725. The largest absolute Gasteiger partial charge is 0.398 e. The van der Waals surface area contributed by atoms with Crippen LogP contribution in [0.15, 0.2) is 18.5 Å². The van der Waals surface area contributed by atoms with Gasteiger partial charge in [0.1, 0.15) is 0 Å². The van der Waals surface area contributed by atoms with Gasteiger partial charge in [-0.15, -0.1) is 0 Å². The Labute approximate surface area is 78.1 Å². The van der Waals surface area contributed by atoms with E-state index < -0.39 is 11.5 Å². The van der Waals surface area contributed by atoms with Crippen molar-refractivity contribution in [3.8, 4) is 0 Å². The highest BCUT2D eigenvalue weighted by atomic mass is 35.5. The Bertz CT molecular complexity index is 303. The molecule has 3 N–H and O–H groups in total. The van der Waals surface area contributed by atoms with Gasteiger partial charge in [0, 0.05) is 23.6 Å². The van der Waals surface area contributed by atoms with Crippen LogP contribution in [0.2, 0.25) is 0 Å². The molecule has 1 heterocycles. The number of aliphatic hydroxyl groups excluding tert-OH is 1. The standard InChI is InChI=1S/C7H7ClF2N2O/c8-7(9,10)6(13)4-3-12-2-1-5(4)11/h1-3,6,13H,(H2,11,12). The second kappa shape index (κ2) is 3.43. The molecule has 6 heteroatoms. The monoisotopic (exact) mass is 208 g/mol. The fraction of sp³-hybridized carbons (Fsp3) is 0.286. The van der Waals surface area contributed by atoms with Crippen molar-refractivity contribution >= 4 is 17.3 Å². The summed E-state index contributed by atoms with van der Waals surface area (Å²) in [6.45, 7) is 0. The predicted molar refractivity (Wildman–Crippen MR) is 44.4 cm³/mol. The predicted octanol–water partition coefficient (Wildman–Crippen LogP) is 1.53. The number of hydrogen-bond donors (Lipinski definition) is 2. The molecule has 1 rings (SSSR count). The zero-order chi connectivity index (χ0) is 10.1. The molecule has 0 aromatic carbocycles. The average molecular weight is 209 g/mol. The van der Waals surface area contributed by atoms with Gasteiger partial charge in [0.25, 0.3) is 0 Å². The van der Waals surface area contributed by atoms with Crippen molar-refractivity contribution in [1.82, 2.24) is 4.98 Å². The van der Waals surface area contributed by atoms with Gasteiger partial charge in [0.2, 0.25) is 0 Å². The third-order valence-corrected chi connectivity index (χ3v) is 1.70. The summed E-state index contributed by atoms with van der Waals surface area (Å²) in [5, 5.41) is 5.30. The first-order chi connectivity index (χ1) is 5.93. The van der Waals surface area contributed by atoms with E-state index in [2.05, 4.69) is 16.6 Å². The molecule has 1 aromatic rings. The van der Waals surface area contributed by atoms with Crippen molar-refractivity contribution in [3.63, 3.8) is 0 Å². The van der Waals surface area contributed by atoms with E-state index in [1.165, 1.54) is 12.3 Å². The van der Waals surface area contributed by atoms with Crippen molar-refractivity contribution < 1.29 is 13.9 Å². The van der Waals surface area contributed by atoms with Crippen LogP contribution < -0.4 is 5.73 Å². The topological polar surface area (TPSA) is 59.1 Å². The molecule has 0 radical (unpaired) electrons. The Morgan fingerprint density at radius 3 is 2.69 bits per heavy atom. The lowest BCUT2D eigenvalue weighted by atomic mass is 10.1. The van der Waals surface area contributed by atoms with Gasteiger partial charge in [-0.2, -0.15) is 8.78 Å². The first kappa shape index (κ1) is 10.1. The van der Waals surface area contributed by atoms with Gasteiger partial charge in [-0.05, 0) is 17.7 Å². The van der Waals surface area contributed by atoms with Gasteiger partial charge in [-0.1, -0.05) is 0 Å². The number of aliphatic hydroxyl groups is 1. The van der Waals surface area contributed by atoms with Crippen LogP contribution in [0.3, 0.4) is 0 Å². The van der Waals surface area contributed by atoms with Crippen molar-refractivity contribution in [2.24, 2.45) is 0 Å². The molecule has 0 fully saturated rings. The van der Waals surface area contributed by atoms with Crippen LogP contribution in [0.5, 0.6) is 0 Å². The number of alkyl halides is 3. The Kier molecular flexibility index (Phi) is 2.68. The minimum absolute atomic E-state index is 0.0304. The zero-order valence-corrected chi connectivity index (χ0v) is 7.17. The van der Waals surface area contributed by atoms with Gasteiger partial charge >= 0.3 is 5.38 Å². The van der Waals surface area contributed by atoms with Crippen molar-refractivity contribution in [2.75, 3.05) is 5.73 Å². The molecule has 13 heavy (non-hydrogen) atoms. The highest BCUT2D eigenvalue weighted by molar-refractivity contribution is 6.22. The normalized spacial score (nSPS) is 14.2. The second-order valence-electron chi connectivity index (χ2n) is 2.45. The van der Waals surface area contributed by atoms with E-state index >= 15 is 0 Å². The van der Waals surface area contributed by atoms with Crippen molar-refractivity contribution in [2.45, 2.75) is 11.5 Å². The maximum Gasteiger partial charge on any atom is 0.351 e. The summed E-state index contributed by atoms with van der Waals surface area (Å²) >= 11 is 4.62. The van der Waals surface area contributed by atoms with Crippen molar-refractivity contribution in [1.29, 1.82) is 0 Å². The Balaban J connectivity index is 3.02. The molecule has 0 bridgehead atoms. The number of pyridine rings is 1. The molecule has 0 saturated heterocycles. The highest BCUT2D eigenvalue weighted by Gasteiger charge is 2.37. The molecule has 1 aromatic heterocycles. The van der Waals surface area contributed by atoms with Crippen LogP contribution in [0, 0.1) is 0 Å². The summed E-state index contributed by atoms with van der Waals surface area (Å²) in [7, 11) is 0. The number of nitrogen functional groups attached to an aromatic ring is 1. The number of nitrogens with zero attached hydrogens (tertiary/aromatic N) is 1. The third-order valence-electron chi connectivity index (χ3n) is 1.49. The lowest BCUT2D eigenvalue weighted by Gasteiger charge is -2.16. The first-order valence-electron chi connectivity index (χ1n) is 3.37. The van der Waals surface area contributed by atoms with E-state index in [0.717, 1.165) is 6.20 Å². The van der Waals surface area contributed by atoms with Gasteiger partial charge in [0.05, 0.1) is 0 Å². The van der Waals surface area contributed by atoms with Crippen LogP contribution in [0.4, 0.5) is 14.5 Å². The SMILES string of the molecule is Nc1ccncc1C(O)C(F)(F)Cl. The Hall–Kier alpha value is -0.940. The van der Waals surface area contributed by atoms with E-state index in [0.29, 0.717) is 0 Å². The maximum absolute atomic E-state index is 12.4. The first-order valence-corrected chi connectivity index (χ1v) is 3.75. The minimum Gasteiger partial charge on any atom is -0.398 e. The smallest absolute Gasteiger partial charge is 0.351 e. The van der Waals surface area contributed by atoms with Crippen LogP contribution in [0.25, 0.3) is 0 Å². The summed E-state index contributed by atoms with van der Waals surface area (Å²) in [4.78, 5) is 3.55. The molecule has 3 nitrogen and oxygen atoms in total. The van der Waals surface area contributed by atoms with Gasteiger partial charge < -0.3 is 10.8 Å². The second-order valence-corrected chi connectivity index (χ2v) is 2.95. The van der Waals surface area contributed by atoms with E-state index in [4.69, 9.17) is 10.8 Å². The van der Waals surface area contributed by atoms with Crippen LogP contribution in [-0.2, 0) is 0 Å². The molecule has 0 saturated carbocycles. The van der Waals surface area contributed by atoms with Crippen LogP contribution in [0.1, 0.15) is 11.7 Å². The van der Waals surface area contributed by atoms with Gasteiger partial charge in [0.15, 0.2) is 6.10 Å². The molecular formula is C7H7ClF2N2O. The molecule has 0 aliphatic carbocycles. The lowest BCUT2D eigenvalue weighted by Crippen LogP contribution is -2.20. The summed E-state index contributed by atoms with van der Waals surface area (Å²) in [6.07, 6.45) is 0.247. The van der Waals surface area contributed by atoms with E-state index in [9.17, 15) is 8.78 Å². The lowest BCUT2D eigenvalue weighted by molar-refractivity contribution is -0.0422. The van der Waals surface area contributed by atoms with E-state index in [-0.39, 0.29) is 11.3 Å². The molecule has 72 valence electrons. The summed E-state index contributed by atoms with van der Waals surface area (Å²) < 4.78 is 24.8. The van der Waals surface area contributed by atoms with Crippen molar-refractivity contribution in [3.05, 3.63) is 24.0 Å². The van der Waals surface area contributed by atoms with Crippen LogP contribution in [-0.4, -0.2) is 15.5 Å². The third kappa shape index (κ3) is 2.26. The number of hydrogen-bond acceptors (Lipinski definition) is 3. The Morgan fingerprint density at radius 1 is 1.62 bits per heavy atom. The number of nitrogens with two attached hydrogens (primary N) is 1. The highest BCUT2D eigenvalue weighted by Crippen LogP contribution is 2.36. The van der Waals surface area contributed by atoms with E-state index in [1.54, 1.807) is 0 Å².